The standard InChI is InChI=1S/C11H11NO4/c1-8(13)6-10(14)7-9-4-2-3-5-11(9)12(15)16/h2-6,14H,7H2,1H3/b10-6-. The van der Waals surface area contributed by atoms with E-state index >= 15 is 0 Å². The van der Waals surface area contributed by atoms with Gasteiger partial charge in [-0.2, -0.15) is 0 Å². The number of benzene rings is 1. The molecule has 0 saturated heterocycles. The molecule has 16 heavy (non-hydrogen) atoms. The van der Waals surface area contributed by atoms with E-state index in [0.29, 0.717) is 5.56 Å². The summed E-state index contributed by atoms with van der Waals surface area (Å²) in [4.78, 5) is 20.8. The Morgan fingerprint density at radius 3 is 2.69 bits per heavy atom. The minimum atomic E-state index is -0.517. The maximum atomic E-state index is 10.7. The summed E-state index contributed by atoms with van der Waals surface area (Å²) in [5.41, 5.74) is 0.313. The molecule has 0 aliphatic carbocycles. The van der Waals surface area contributed by atoms with Crippen molar-refractivity contribution in [1.29, 1.82) is 0 Å². The van der Waals surface area contributed by atoms with Crippen molar-refractivity contribution in [2.45, 2.75) is 13.3 Å². The van der Waals surface area contributed by atoms with E-state index in [1.54, 1.807) is 18.2 Å². The normalized spacial score (nSPS) is 11.2. The highest BCUT2D eigenvalue weighted by Gasteiger charge is 2.13. The highest BCUT2D eigenvalue weighted by atomic mass is 16.6. The fourth-order valence-corrected chi connectivity index (χ4v) is 1.32. The Kier molecular flexibility index (Phi) is 3.77. The SMILES string of the molecule is CC(=O)/C=C(\O)Cc1ccccc1[N+](=O)[O-]. The summed E-state index contributed by atoms with van der Waals surface area (Å²) in [6, 6.07) is 6.09. The van der Waals surface area contributed by atoms with Gasteiger partial charge in [-0.25, -0.2) is 0 Å². The first-order valence-corrected chi connectivity index (χ1v) is 4.63. The van der Waals surface area contributed by atoms with Crippen LogP contribution >= 0.6 is 0 Å². The smallest absolute Gasteiger partial charge is 0.273 e. The second kappa shape index (κ2) is 5.06. The number of ketones is 1. The number of carbonyl (C=O) groups excluding carboxylic acids is 1. The quantitative estimate of drug-likeness (QED) is 0.365. The summed E-state index contributed by atoms with van der Waals surface area (Å²) in [5, 5.41) is 20.1. The average molecular weight is 221 g/mol. The fraction of sp³-hybridized carbons (Fsp3) is 0.182. The molecule has 84 valence electrons. The first-order valence-electron chi connectivity index (χ1n) is 4.63. The Bertz CT molecular complexity index is 451. The zero-order valence-electron chi connectivity index (χ0n) is 8.71. The molecular weight excluding hydrogens is 210 g/mol. The number of para-hydroxylation sites is 1. The molecule has 5 nitrogen and oxygen atoms in total. The number of aliphatic hydroxyl groups is 1. The lowest BCUT2D eigenvalue weighted by Gasteiger charge is -2.01. The summed E-state index contributed by atoms with van der Waals surface area (Å²) >= 11 is 0. The highest BCUT2D eigenvalue weighted by Crippen LogP contribution is 2.19. The van der Waals surface area contributed by atoms with Crippen LogP contribution in [-0.2, 0) is 11.2 Å². The highest BCUT2D eigenvalue weighted by molar-refractivity contribution is 5.87. The predicted molar refractivity (Wildman–Crippen MR) is 58.2 cm³/mol. The number of hydrogen-bond acceptors (Lipinski definition) is 4. The largest absolute Gasteiger partial charge is 0.512 e. The van der Waals surface area contributed by atoms with Crippen LogP contribution in [0.3, 0.4) is 0 Å². The molecular formula is C11H11NO4. The third kappa shape index (κ3) is 3.20. The van der Waals surface area contributed by atoms with Gasteiger partial charge in [0.25, 0.3) is 5.69 Å². The number of rotatable bonds is 4. The molecule has 0 heterocycles. The zero-order chi connectivity index (χ0) is 12.1. The minimum absolute atomic E-state index is 0.0171. The Labute approximate surface area is 92.2 Å². The Morgan fingerprint density at radius 1 is 1.50 bits per heavy atom. The molecule has 1 aromatic rings. The van der Waals surface area contributed by atoms with Crippen LogP contribution in [0.1, 0.15) is 12.5 Å². The summed E-state index contributed by atoms with van der Waals surface area (Å²) in [5.74, 6) is -0.474. The number of aliphatic hydroxyl groups excluding tert-OH is 1. The van der Waals surface area contributed by atoms with Gasteiger partial charge < -0.3 is 5.11 Å². The first-order chi connectivity index (χ1) is 7.50. The molecule has 0 aliphatic heterocycles. The summed E-state index contributed by atoms with van der Waals surface area (Å²) in [6.45, 7) is 1.30. The van der Waals surface area contributed by atoms with Crippen LogP contribution in [0.4, 0.5) is 5.69 Å². The van der Waals surface area contributed by atoms with E-state index in [2.05, 4.69) is 0 Å². The van der Waals surface area contributed by atoms with Crippen molar-refractivity contribution in [1.82, 2.24) is 0 Å². The Balaban J connectivity index is 2.97. The van der Waals surface area contributed by atoms with Gasteiger partial charge in [-0.1, -0.05) is 18.2 Å². The van der Waals surface area contributed by atoms with E-state index in [1.807, 2.05) is 0 Å². The molecule has 0 atom stereocenters. The lowest BCUT2D eigenvalue weighted by Crippen LogP contribution is -1.98. The number of carbonyl (C=O) groups is 1. The van der Waals surface area contributed by atoms with Gasteiger partial charge in [-0.3, -0.25) is 14.9 Å². The number of nitro benzene ring substituents is 1. The number of nitro groups is 1. The van der Waals surface area contributed by atoms with E-state index < -0.39 is 4.92 Å². The maximum Gasteiger partial charge on any atom is 0.273 e. The second-order valence-electron chi connectivity index (χ2n) is 3.31. The predicted octanol–water partition coefficient (Wildman–Crippen LogP) is 2.17. The van der Waals surface area contributed by atoms with Gasteiger partial charge in [0.1, 0.15) is 5.76 Å². The molecule has 0 radical (unpaired) electrons. The van der Waals surface area contributed by atoms with E-state index in [4.69, 9.17) is 0 Å². The van der Waals surface area contributed by atoms with Crippen LogP contribution in [0.25, 0.3) is 0 Å². The van der Waals surface area contributed by atoms with Crippen LogP contribution in [0.15, 0.2) is 36.1 Å². The van der Waals surface area contributed by atoms with Crippen LogP contribution in [-0.4, -0.2) is 15.8 Å². The topological polar surface area (TPSA) is 80.4 Å². The zero-order valence-corrected chi connectivity index (χ0v) is 8.71. The molecule has 0 amide bonds. The third-order valence-electron chi connectivity index (χ3n) is 1.93. The van der Waals surface area contributed by atoms with Gasteiger partial charge in [0.15, 0.2) is 5.78 Å². The fourth-order valence-electron chi connectivity index (χ4n) is 1.32. The van der Waals surface area contributed by atoms with E-state index in [1.165, 1.54) is 13.0 Å². The second-order valence-corrected chi connectivity index (χ2v) is 3.31. The maximum absolute atomic E-state index is 10.7. The van der Waals surface area contributed by atoms with Crippen LogP contribution in [0.2, 0.25) is 0 Å². The first kappa shape index (κ1) is 11.9. The van der Waals surface area contributed by atoms with Crippen molar-refractivity contribution in [2.75, 3.05) is 0 Å². The van der Waals surface area contributed by atoms with Gasteiger partial charge in [-0.15, -0.1) is 0 Å². The number of hydrogen-bond donors (Lipinski definition) is 1. The van der Waals surface area contributed by atoms with Gasteiger partial charge in [0.05, 0.1) is 4.92 Å². The third-order valence-corrected chi connectivity index (χ3v) is 1.93. The van der Waals surface area contributed by atoms with Crippen LogP contribution in [0.5, 0.6) is 0 Å². The molecule has 5 heteroatoms. The van der Waals surface area contributed by atoms with E-state index in [-0.39, 0.29) is 23.7 Å². The van der Waals surface area contributed by atoms with E-state index in [0.717, 1.165) is 6.08 Å². The van der Waals surface area contributed by atoms with Gasteiger partial charge in [-0.05, 0) is 6.92 Å². The van der Waals surface area contributed by atoms with Crippen molar-refractivity contribution in [2.24, 2.45) is 0 Å². The van der Waals surface area contributed by atoms with Crippen molar-refractivity contribution >= 4 is 11.5 Å². The number of allylic oxidation sites excluding steroid dienone is 2. The lowest BCUT2D eigenvalue weighted by atomic mass is 10.1. The molecule has 0 fully saturated rings. The van der Waals surface area contributed by atoms with Gasteiger partial charge in [0.2, 0.25) is 0 Å². The molecule has 1 N–H and O–H groups in total. The molecule has 1 rings (SSSR count). The Morgan fingerprint density at radius 2 is 2.12 bits per heavy atom. The van der Waals surface area contributed by atoms with Gasteiger partial charge in [0, 0.05) is 24.1 Å². The number of nitrogens with zero attached hydrogens (tertiary/aromatic N) is 1. The molecule has 0 bridgehead atoms. The Hall–Kier alpha value is -2.17. The monoisotopic (exact) mass is 221 g/mol. The van der Waals surface area contributed by atoms with Crippen molar-refractivity contribution in [3.63, 3.8) is 0 Å². The molecule has 0 saturated carbocycles. The van der Waals surface area contributed by atoms with Crippen molar-refractivity contribution < 1.29 is 14.8 Å². The molecule has 1 aromatic carbocycles. The van der Waals surface area contributed by atoms with Gasteiger partial charge >= 0.3 is 0 Å². The minimum Gasteiger partial charge on any atom is -0.512 e. The molecule has 0 spiro atoms. The van der Waals surface area contributed by atoms with Crippen LogP contribution < -0.4 is 0 Å². The van der Waals surface area contributed by atoms with Crippen molar-refractivity contribution in [3.05, 3.63) is 51.8 Å². The van der Waals surface area contributed by atoms with Crippen molar-refractivity contribution in [3.8, 4) is 0 Å². The van der Waals surface area contributed by atoms with Crippen LogP contribution in [0, 0.1) is 10.1 Å². The molecule has 0 aromatic heterocycles. The summed E-state index contributed by atoms with van der Waals surface area (Å²) in [6.07, 6.45) is 1.04. The lowest BCUT2D eigenvalue weighted by molar-refractivity contribution is -0.385. The summed E-state index contributed by atoms with van der Waals surface area (Å²) in [7, 11) is 0. The average Bonchev–Trinajstić information content (AvgIpc) is 2.16. The summed E-state index contributed by atoms with van der Waals surface area (Å²) < 4.78 is 0. The molecule has 0 aliphatic rings. The molecule has 0 unspecified atom stereocenters. The van der Waals surface area contributed by atoms with E-state index in [9.17, 15) is 20.0 Å².